The van der Waals surface area contributed by atoms with Gasteiger partial charge in [0.05, 0.1) is 45.7 Å². The maximum Gasteiger partial charge on any atom is 0.490 e. The van der Waals surface area contributed by atoms with Gasteiger partial charge in [-0.2, -0.15) is 30.0 Å². The molecule has 1 fully saturated rings. The van der Waals surface area contributed by atoms with Crippen LogP contribution in [0, 0.1) is 22.0 Å². The summed E-state index contributed by atoms with van der Waals surface area (Å²) in [6.07, 6.45) is 9.43. The molecular weight excluding hydrogens is 1270 g/mol. The van der Waals surface area contributed by atoms with Gasteiger partial charge in [0, 0.05) is 71.9 Å². The lowest BCUT2D eigenvalue weighted by molar-refractivity contribution is -0.438. The third-order valence-corrected chi connectivity index (χ3v) is 20.1. The number of carbonyl (C=O) groups is 2. The Kier molecular flexibility index (Phi) is 20.1. The average molecular weight is 1330 g/mol. The van der Waals surface area contributed by atoms with Crippen LogP contribution in [0.15, 0.2) is 113 Å². The van der Waals surface area contributed by atoms with E-state index in [0.717, 1.165) is 40.7 Å². The van der Waals surface area contributed by atoms with Gasteiger partial charge < -0.3 is 45.0 Å². The molecule has 5 heterocycles. The molecule has 1 saturated heterocycles. The Bertz CT molecular complexity index is 4250. The van der Waals surface area contributed by atoms with Gasteiger partial charge in [0.15, 0.2) is 22.7 Å². The van der Waals surface area contributed by atoms with Gasteiger partial charge in [0.1, 0.15) is 30.8 Å². The number of phosphoric acid groups is 3. The van der Waals surface area contributed by atoms with Crippen LogP contribution in [0.4, 0.5) is 22.9 Å². The monoisotopic (exact) mass is 1330 g/mol. The number of imidazole rings is 1. The van der Waals surface area contributed by atoms with Crippen LogP contribution >= 0.6 is 23.5 Å². The number of benzene rings is 3. The number of nitrogens with one attached hydrogen (secondary N) is 2. The molecular formula is C53H61N9O22P3S2+. The van der Waals surface area contributed by atoms with Crippen molar-refractivity contribution in [3.63, 3.8) is 0 Å². The van der Waals surface area contributed by atoms with Crippen molar-refractivity contribution in [1.82, 2.24) is 24.8 Å². The SMILES string of the molecule is CCN1/C(=C/C=C/C=C/C2=[N+](CCCCCC(=O)NCC#Cc3ccc(C(=O)Nc4ncnc5c4ncn5[C@@H]4C[C@H](O)[C@@H](COP(=O)(O)OP(=O)(O)OP(=O)(O)O)O4)c([N+](=O)[O-])c3)c3ccc(S(=O)(=O)O)cc3C2(C)C)C(C)(C)c2cc(S(=O)(=O)O)ccc21. The molecule has 0 bridgehead atoms. The van der Waals surface area contributed by atoms with E-state index < -0.39 is 96.1 Å². The number of anilines is 2. The van der Waals surface area contributed by atoms with Crippen LogP contribution in [0.1, 0.15) is 100.0 Å². The smallest absolute Gasteiger partial charge is 0.390 e. The molecule has 2 amide bonds. The number of likely N-dealkylation sites (N-methyl/N-ethyl adjacent to an activating group) is 1. The summed E-state index contributed by atoms with van der Waals surface area (Å²) < 4.78 is 124. The summed E-state index contributed by atoms with van der Waals surface area (Å²) >= 11 is 0. The Morgan fingerprint density at radius 3 is 2.26 bits per heavy atom. The first-order valence-corrected chi connectivity index (χ1v) is 34.3. The van der Waals surface area contributed by atoms with Crippen molar-refractivity contribution in [2.24, 2.45) is 0 Å². The van der Waals surface area contributed by atoms with Crippen LogP contribution < -0.4 is 15.5 Å². The summed E-state index contributed by atoms with van der Waals surface area (Å²) in [5.41, 5.74) is 2.58. The van der Waals surface area contributed by atoms with Gasteiger partial charge in [0.25, 0.3) is 31.8 Å². The van der Waals surface area contributed by atoms with Gasteiger partial charge in [-0.1, -0.05) is 43.9 Å². The number of aliphatic hydroxyl groups excluding tert-OH is 1. The van der Waals surface area contributed by atoms with Crippen molar-refractivity contribution in [3.8, 4) is 11.8 Å². The molecule has 0 aliphatic carbocycles. The summed E-state index contributed by atoms with van der Waals surface area (Å²) in [5, 5.41) is 28.0. The first kappa shape index (κ1) is 67.9. The molecule has 5 aromatic rings. The lowest BCUT2D eigenvalue weighted by Gasteiger charge is -2.25. The van der Waals surface area contributed by atoms with Crippen LogP contribution in [0.25, 0.3) is 11.2 Å². The molecule has 31 nitrogen and oxygen atoms in total. The Labute approximate surface area is 508 Å². The topological polar surface area (TPSA) is 449 Å². The fourth-order valence-electron chi connectivity index (χ4n) is 10.5. The van der Waals surface area contributed by atoms with E-state index in [1.165, 1.54) is 47.3 Å². The summed E-state index contributed by atoms with van der Waals surface area (Å²) in [6.45, 7) is 9.85. The summed E-state index contributed by atoms with van der Waals surface area (Å²) in [6, 6.07) is 12.6. The molecule has 0 radical (unpaired) electrons. The lowest BCUT2D eigenvalue weighted by Crippen LogP contribution is -2.28. The first-order chi connectivity index (χ1) is 41.5. The number of carbonyl (C=O) groups excluding carboxylic acids is 2. The van der Waals surface area contributed by atoms with Crippen molar-refractivity contribution in [2.75, 3.05) is 36.5 Å². The molecule has 2 aromatic heterocycles. The maximum atomic E-state index is 13.5. The fourth-order valence-corrected chi connectivity index (χ4v) is 14.5. The molecule has 0 spiro atoms. The van der Waals surface area contributed by atoms with Gasteiger partial charge in [-0.25, -0.2) is 28.6 Å². The second-order valence-corrected chi connectivity index (χ2v) is 28.6. The fraction of sp³-hybridized carbons (Fsp3) is 0.358. The molecule has 8 rings (SSSR count). The summed E-state index contributed by atoms with van der Waals surface area (Å²) in [7, 11) is -25.9. The number of allylic oxidation sites excluding steroid dienone is 6. The Morgan fingerprint density at radius 1 is 0.888 bits per heavy atom. The van der Waals surface area contributed by atoms with Crippen LogP contribution in [-0.2, 0) is 67.4 Å². The number of unbranched alkanes of at least 4 members (excludes halogenated alkanes) is 2. The van der Waals surface area contributed by atoms with Gasteiger partial charge in [-0.15, -0.1) is 0 Å². The number of nitro benzene ring substituents is 1. The number of nitro groups is 1. The highest BCUT2D eigenvalue weighted by Gasteiger charge is 2.46. The quantitative estimate of drug-likeness (QED) is 0.00472. The summed E-state index contributed by atoms with van der Waals surface area (Å²) in [4.78, 5) is 88.5. The molecule has 9 N–H and O–H groups in total. The number of hydrogen-bond donors (Lipinski definition) is 9. The number of aliphatic hydroxyl groups is 1. The van der Waals surface area contributed by atoms with Gasteiger partial charge >= 0.3 is 23.5 Å². The first-order valence-electron chi connectivity index (χ1n) is 26.9. The molecule has 36 heteroatoms. The minimum atomic E-state index is -5.81. The number of hydrogen-bond acceptors (Lipinski definition) is 20. The predicted octanol–water partition coefficient (Wildman–Crippen LogP) is 6.39. The Hall–Kier alpha value is -7.05. The third kappa shape index (κ3) is 15.9. The van der Waals surface area contributed by atoms with Crippen molar-refractivity contribution in [2.45, 2.75) is 106 Å². The highest BCUT2D eigenvalue weighted by molar-refractivity contribution is 7.86. The van der Waals surface area contributed by atoms with Gasteiger partial charge in [-0.3, -0.25) is 37.9 Å². The van der Waals surface area contributed by atoms with Crippen molar-refractivity contribution >= 4 is 95.3 Å². The zero-order valence-electron chi connectivity index (χ0n) is 47.9. The average Bonchev–Trinajstić information content (AvgIpc) is 1.63. The van der Waals surface area contributed by atoms with E-state index in [9.17, 15) is 74.2 Å². The number of nitrogens with zero attached hydrogens (tertiary/aromatic N) is 7. The zero-order valence-corrected chi connectivity index (χ0v) is 52.2. The third-order valence-electron chi connectivity index (χ3n) is 14.6. The number of ether oxygens (including phenoxy) is 1. The van der Waals surface area contributed by atoms with E-state index in [-0.39, 0.29) is 63.2 Å². The Balaban J connectivity index is 0.849. The molecule has 3 aromatic carbocycles. The van der Waals surface area contributed by atoms with E-state index in [1.54, 1.807) is 12.1 Å². The number of fused-ring (bicyclic) bond motifs is 3. The number of rotatable bonds is 24. The van der Waals surface area contributed by atoms with Crippen molar-refractivity contribution in [1.29, 1.82) is 0 Å². The van der Waals surface area contributed by atoms with E-state index in [0.29, 0.717) is 37.9 Å². The van der Waals surface area contributed by atoms with Crippen molar-refractivity contribution in [3.05, 3.63) is 136 Å². The van der Waals surface area contributed by atoms with E-state index in [2.05, 4.69) is 60.0 Å². The van der Waals surface area contributed by atoms with Crippen molar-refractivity contribution < 1.29 is 101 Å². The second kappa shape index (κ2) is 26.4. The largest absolute Gasteiger partial charge is 0.490 e. The van der Waals surface area contributed by atoms with Crippen LogP contribution in [-0.4, -0.2) is 136 Å². The van der Waals surface area contributed by atoms with E-state index in [4.69, 9.17) is 14.5 Å². The standard InChI is InChI=1S/C53H60N9O22P3S2/c1-6-59-39-22-19-34(88(75,76)77)27-37(39)52(2,3)44(59)15-9-7-10-16-45-53(4,5)38-28-35(89(78,79)80)20-23-40(38)60(45)25-12-8-11-17-46(64)54-24-13-14-33-18-21-36(41(26-33)62(66)67)51(65)58-49-48-50(56-31-55-49)61(32-57-48)47-29-42(63)43(82-47)30-81-86(71,72)84-87(73,74)83-85(68,69)70/h7,9-10,15-16,18-23,26-28,31-32,42-43,47,63H,6,8,11-12,17,24-25,29-30H2,1-5H3,(H7-,54,55,56,58,64,65,68,69,70,71,72,73,74,75,76,77,78,79,80)/p+1/t42-,43+,47-/m0/s1. The van der Waals surface area contributed by atoms with E-state index in [1.807, 2.05) is 65.0 Å². The Morgan fingerprint density at radius 2 is 1.58 bits per heavy atom. The summed E-state index contributed by atoms with van der Waals surface area (Å²) in [5.74, 6) is 4.02. The predicted molar refractivity (Wildman–Crippen MR) is 317 cm³/mol. The van der Waals surface area contributed by atoms with Crippen LogP contribution in [0.2, 0.25) is 0 Å². The van der Waals surface area contributed by atoms with Crippen LogP contribution in [0.5, 0.6) is 0 Å². The molecule has 2 unspecified atom stereocenters. The molecule has 5 atom stereocenters. The second-order valence-electron chi connectivity index (χ2n) is 21.3. The molecule has 476 valence electrons. The highest BCUT2D eigenvalue weighted by atomic mass is 32.2. The normalized spacial score (nSPS) is 19.9. The number of aromatic nitrogens is 4. The van der Waals surface area contributed by atoms with Crippen LogP contribution in [0.3, 0.4) is 0 Å². The molecule has 0 saturated carbocycles. The van der Waals surface area contributed by atoms with Gasteiger partial charge in [-0.05, 0) is 87.7 Å². The minimum Gasteiger partial charge on any atom is -0.390 e. The molecule has 3 aliphatic rings. The minimum absolute atomic E-state index is 0.0228. The lowest BCUT2D eigenvalue weighted by atomic mass is 9.81. The van der Waals surface area contributed by atoms with E-state index >= 15 is 0 Å². The number of amides is 2. The van der Waals surface area contributed by atoms with Gasteiger partial charge in [0.2, 0.25) is 11.6 Å². The molecule has 89 heavy (non-hydrogen) atoms. The number of phosphoric ester groups is 1. The maximum absolute atomic E-state index is 13.5. The highest BCUT2D eigenvalue weighted by Crippen LogP contribution is 2.66. The molecule has 3 aliphatic heterocycles. The zero-order chi connectivity index (χ0) is 65.2.